The van der Waals surface area contributed by atoms with E-state index < -0.39 is 0 Å². The number of nitrogens with two attached hydrogens (primary N) is 1. The van der Waals surface area contributed by atoms with Crippen LogP contribution in [0.1, 0.15) is 36.0 Å². The number of rotatable bonds is 9. The van der Waals surface area contributed by atoms with Gasteiger partial charge >= 0.3 is 0 Å². The number of aryl methyl sites for hydroxylation is 2. The molecule has 0 aliphatic heterocycles. The van der Waals surface area contributed by atoms with Gasteiger partial charge in [0.05, 0.1) is 6.61 Å². The number of ether oxygens (including phenoxy) is 2. The van der Waals surface area contributed by atoms with Crippen molar-refractivity contribution in [2.75, 3.05) is 26.4 Å². The van der Waals surface area contributed by atoms with Crippen molar-refractivity contribution in [3.63, 3.8) is 0 Å². The van der Waals surface area contributed by atoms with Crippen LogP contribution in [0.5, 0.6) is 5.75 Å². The van der Waals surface area contributed by atoms with Gasteiger partial charge in [0.1, 0.15) is 12.4 Å². The average Bonchev–Trinajstić information content (AvgIpc) is 2.40. The first-order valence-corrected chi connectivity index (χ1v) is 7.14. The molecule has 0 heterocycles. The van der Waals surface area contributed by atoms with Gasteiger partial charge in [-0.05, 0) is 63.3 Å². The fourth-order valence-corrected chi connectivity index (χ4v) is 1.98. The Balaban J connectivity index is 2.21. The summed E-state index contributed by atoms with van der Waals surface area (Å²) >= 11 is 0. The summed E-state index contributed by atoms with van der Waals surface area (Å²) in [5.74, 6) is 1.01. The Hall–Kier alpha value is -1.06. The summed E-state index contributed by atoms with van der Waals surface area (Å²) in [4.78, 5) is 0. The molecule has 0 aromatic heterocycles. The van der Waals surface area contributed by atoms with Crippen LogP contribution < -0.4 is 10.5 Å². The zero-order valence-electron chi connectivity index (χ0n) is 12.5. The monoisotopic (exact) mass is 265 g/mol. The molecular weight excluding hydrogens is 238 g/mol. The second-order valence-electron chi connectivity index (χ2n) is 4.96. The zero-order valence-corrected chi connectivity index (χ0v) is 12.5. The number of hydrogen-bond donors (Lipinski definition) is 1. The lowest BCUT2D eigenvalue weighted by Gasteiger charge is -2.14. The summed E-state index contributed by atoms with van der Waals surface area (Å²) in [5, 5.41) is 0. The van der Waals surface area contributed by atoms with E-state index in [9.17, 15) is 0 Å². The van der Waals surface area contributed by atoms with E-state index in [1.54, 1.807) is 0 Å². The van der Waals surface area contributed by atoms with E-state index in [2.05, 4.69) is 32.9 Å². The summed E-state index contributed by atoms with van der Waals surface area (Å²) in [6.45, 7) is 9.12. The third kappa shape index (κ3) is 5.62. The van der Waals surface area contributed by atoms with Gasteiger partial charge in [-0.1, -0.05) is 12.1 Å². The van der Waals surface area contributed by atoms with Crippen molar-refractivity contribution in [1.29, 1.82) is 0 Å². The summed E-state index contributed by atoms with van der Waals surface area (Å²) < 4.78 is 11.4. The van der Waals surface area contributed by atoms with Crippen molar-refractivity contribution in [1.82, 2.24) is 0 Å². The third-order valence-electron chi connectivity index (χ3n) is 3.34. The van der Waals surface area contributed by atoms with Crippen LogP contribution >= 0.6 is 0 Å². The van der Waals surface area contributed by atoms with E-state index in [0.29, 0.717) is 13.2 Å². The van der Waals surface area contributed by atoms with E-state index in [1.165, 1.54) is 16.7 Å². The molecule has 0 unspecified atom stereocenters. The molecule has 19 heavy (non-hydrogen) atoms. The van der Waals surface area contributed by atoms with Gasteiger partial charge in [-0.3, -0.25) is 0 Å². The van der Waals surface area contributed by atoms with Gasteiger partial charge in [0.2, 0.25) is 0 Å². The number of hydrogen-bond acceptors (Lipinski definition) is 3. The molecule has 1 rings (SSSR count). The minimum atomic E-state index is 0.613. The van der Waals surface area contributed by atoms with E-state index in [1.807, 2.05) is 0 Å². The Morgan fingerprint density at radius 1 is 0.895 bits per heavy atom. The lowest BCUT2D eigenvalue weighted by molar-refractivity contribution is 0.0968. The predicted octanol–water partition coefficient (Wildman–Crippen LogP) is 3.14. The zero-order chi connectivity index (χ0) is 14.1. The van der Waals surface area contributed by atoms with Gasteiger partial charge in [0.25, 0.3) is 0 Å². The standard InChI is InChI=1S/C16H27NO2/c1-13-7-8-14(2)16(15(13)3)19-12-11-18-10-6-4-5-9-17/h7-8H,4-6,9-12,17H2,1-3H3. The second kappa shape index (κ2) is 8.94. The largest absolute Gasteiger partial charge is 0.491 e. The predicted molar refractivity (Wildman–Crippen MR) is 79.9 cm³/mol. The van der Waals surface area contributed by atoms with Crippen molar-refractivity contribution in [3.8, 4) is 5.75 Å². The minimum Gasteiger partial charge on any atom is -0.491 e. The lowest BCUT2D eigenvalue weighted by Crippen LogP contribution is -2.09. The van der Waals surface area contributed by atoms with Crippen molar-refractivity contribution in [3.05, 3.63) is 28.8 Å². The quantitative estimate of drug-likeness (QED) is 0.698. The van der Waals surface area contributed by atoms with E-state index in [4.69, 9.17) is 15.2 Å². The van der Waals surface area contributed by atoms with Crippen LogP contribution in [-0.4, -0.2) is 26.4 Å². The molecule has 0 saturated heterocycles. The van der Waals surface area contributed by atoms with Crippen LogP contribution in [0.2, 0.25) is 0 Å². The van der Waals surface area contributed by atoms with Crippen molar-refractivity contribution < 1.29 is 9.47 Å². The fraction of sp³-hybridized carbons (Fsp3) is 0.625. The van der Waals surface area contributed by atoms with Crippen LogP contribution in [0.4, 0.5) is 0 Å². The van der Waals surface area contributed by atoms with Crippen LogP contribution in [0.3, 0.4) is 0 Å². The van der Waals surface area contributed by atoms with Gasteiger partial charge in [-0.2, -0.15) is 0 Å². The molecule has 0 bridgehead atoms. The van der Waals surface area contributed by atoms with Gasteiger partial charge in [-0.15, -0.1) is 0 Å². The topological polar surface area (TPSA) is 44.5 Å². The van der Waals surface area contributed by atoms with E-state index >= 15 is 0 Å². The van der Waals surface area contributed by atoms with Crippen molar-refractivity contribution in [2.24, 2.45) is 5.73 Å². The van der Waals surface area contributed by atoms with Crippen LogP contribution in [-0.2, 0) is 4.74 Å². The second-order valence-corrected chi connectivity index (χ2v) is 4.96. The van der Waals surface area contributed by atoms with Crippen LogP contribution in [0.25, 0.3) is 0 Å². The highest BCUT2D eigenvalue weighted by Crippen LogP contribution is 2.25. The van der Waals surface area contributed by atoms with Crippen LogP contribution in [0.15, 0.2) is 12.1 Å². The molecule has 0 saturated carbocycles. The molecule has 108 valence electrons. The lowest BCUT2D eigenvalue weighted by atomic mass is 10.1. The van der Waals surface area contributed by atoms with Crippen LogP contribution in [0, 0.1) is 20.8 Å². The van der Waals surface area contributed by atoms with Gasteiger partial charge in [-0.25, -0.2) is 0 Å². The Labute approximate surface area is 117 Å². The average molecular weight is 265 g/mol. The molecule has 3 nitrogen and oxygen atoms in total. The molecule has 3 heteroatoms. The Bertz CT molecular complexity index is 377. The molecule has 1 aromatic carbocycles. The highest BCUT2D eigenvalue weighted by atomic mass is 16.5. The fourth-order valence-electron chi connectivity index (χ4n) is 1.98. The normalized spacial score (nSPS) is 10.7. The number of unbranched alkanes of at least 4 members (excludes halogenated alkanes) is 2. The summed E-state index contributed by atoms with van der Waals surface area (Å²) in [6.07, 6.45) is 3.31. The maximum Gasteiger partial charge on any atom is 0.125 e. The Kier molecular flexibility index (Phi) is 7.53. The molecule has 0 aliphatic rings. The Morgan fingerprint density at radius 3 is 2.37 bits per heavy atom. The molecule has 0 atom stereocenters. The summed E-state index contributed by atoms with van der Waals surface area (Å²) in [6, 6.07) is 4.23. The molecule has 1 aromatic rings. The van der Waals surface area contributed by atoms with Crippen molar-refractivity contribution in [2.45, 2.75) is 40.0 Å². The highest BCUT2D eigenvalue weighted by molar-refractivity contribution is 5.44. The summed E-state index contributed by atoms with van der Waals surface area (Å²) in [7, 11) is 0. The first kappa shape index (κ1) is 16.0. The number of benzene rings is 1. The SMILES string of the molecule is Cc1ccc(C)c(OCCOCCCCCN)c1C. The van der Waals surface area contributed by atoms with Crippen molar-refractivity contribution >= 4 is 0 Å². The summed E-state index contributed by atoms with van der Waals surface area (Å²) in [5.41, 5.74) is 9.11. The molecule has 0 spiro atoms. The van der Waals surface area contributed by atoms with E-state index in [-0.39, 0.29) is 0 Å². The third-order valence-corrected chi connectivity index (χ3v) is 3.34. The smallest absolute Gasteiger partial charge is 0.125 e. The minimum absolute atomic E-state index is 0.613. The molecule has 2 N–H and O–H groups in total. The highest BCUT2D eigenvalue weighted by Gasteiger charge is 2.05. The van der Waals surface area contributed by atoms with Gasteiger partial charge in [0.15, 0.2) is 0 Å². The van der Waals surface area contributed by atoms with Gasteiger partial charge < -0.3 is 15.2 Å². The first-order valence-electron chi connectivity index (χ1n) is 7.14. The van der Waals surface area contributed by atoms with Gasteiger partial charge in [0, 0.05) is 6.61 Å². The molecule has 0 fully saturated rings. The molecular formula is C16H27NO2. The molecule has 0 radical (unpaired) electrons. The molecule has 0 amide bonds. The first-order chi connectivity index (χ1) is 9.16. The maximum atomic E-state index is 5.83. The Morgan fingerprint density at radius 2 is 1.63 bits per heavy atom. The maximum absolute atomic E-state index is 5.83. The molecule has 0 aliphatic carbocycles. The van der Waals surface area contributed by atoms with E-state index in [0.717, 1.165) is 38.2 Å².